The van der Waals surface area contributed by atoms with E-state index in [1.165, 1.54) is 0 Å². The van der Waals surface area contributed by atoms with Gasteiger partial charge in [0.25, 0.3) is 0 Å². The molecule has 0 saturated heterocycles. The summed E-state index contributed by atoms with van der Waals surface area (Å²) in [5.74, 6) is -0.0435. The van der Waals surface area contributed by atoms with Crippen molar-refractivity contribution in [1.82, 2.24) is 0 Å². The zero-order chi connectivity index (χ0) is 18.3. The molecule has 1 N–H and O–H groups in total. The van der Waals surface area contributed by atoms with Gasteiger partial charge in [-0.25, -0.2) is 0 Å². The Balaban J connectivity index is 2.49. The van der Waals surface area contributed by atoms with Crippen LogP contribution in [0.4, 0.5) is 5.69 Å². The molecule has 25 heavy (non-hydrogen) atoms. The number of benzene rings is 2. The van der Waals surface area contributed by atoms with Gasteiger partial charge in [-0.15, -0.1) is 0 Å². The summed E-state index contributed by atoms with van der Waals surface area (Å²) in [6.45, 7) is 6.21. The fourth-order valence-corrected chi connectivity index (χ4v) is 4.53. The average molecular weight is 363 g/mol. The third-order valence-electron chi connectivity index (χ3n) is 3.72. The minimum Gasteiger partial charge on any atom is -0.496 e. The maximum Gasteiger partial charge on any atom is 0.357 e. The van der Waals surface area contributed by atoms with E-state index in [-0.39, 0.29) is 0 Å². The Morgan fingerprint density at radius 2 is 1.60 bits per heavy atom. The van der Waals surface area contributed by atoms with Crippen LogP contribution in [0.3, 0.4) is 0 Å². The average Bonchev–Trinajstić information content (AvgIpc) is 2.61. The van der Waals surface area contributed by atoms with Crippen molar-refractivity contribution < 1.29 is 18.3 Å². The summed E-state index contributed by atoms with van der Waals surface area (Å²) >= 11 is 0. The molecule has 1 atom stereocenters. The molecule has 2 rings (SSSR count). The molecule has 6 heteroatoms. The van der Waals surface area contributed by atoms with E-state index in [9.17, 15) is 4.57 Å². The molecular weight excluding hydrogens is 337 g/mol. The van der Waals surface area contributed by atoms with E-state index >= 15 is 0 Å². The Morgan fingerprint density at radius 1 is 1.00 bits per heavy atom. The van der Waals surface area contributed by atoms with Crippen LogP contribution in [0.25, 0.3) is 0 Å². The van der Waals surface area contributed by atoms with Gasteiger partial charge in [0.2, 0.25) is 0 Å². The van der Waals surface area contributed by atoms with E-state index < -0.39 is 13.4 Å². The molecule has 0 heterocycles. The summed E-state index contributed by atoms with van der Waals surface area (Å²) < 4.78 is 30.1. The predicted octanol–water partition coefficient (Wildman–Crippen LogP) is 5.38. The van der Waals surface area contributed by atoms with E-state index in [0.29, 0.717) is 19.0 Å². The molecule has 0 bridgehead atoms. The lowest BCUT2D eigenvalue weighted by Crippen LogP contribution is -2.16. The summed E-state index contributed by atoms with van der Waals surface area (Å²) in [5, 5.41) is 3.31. The number of methoxy groups -OCH3 is 1. The van der Waals surface area contributed by atoms with Gasteiger partial charge < -0.3 is 19.1 Å². The molecule has 0 saturated carbocycles. The highest BCUT2D eigenvalue weighted by Gasteiger charge is 2.38. The smallest absolute Gasteiger partial charge is 0.357 e. The Hall–Kier alpha value is -1.81. The van der Waals surface area contributed by atoms with Gasteiger partial charge in [-0.3, -0.25) is 4.57 Å². The first-order valence-electron chi connectivity index (χ1n) is 8.39. The summed E-state index contributed by atoms with van der Waals surface area (Å²) in [4.78, 5) is 0. The van der Waals surface area contributed by atoms with Gasteiger partial charge in [0.05, 0.1) is 20.3 Å². The van der Waals surface area contributed by atoms with Crippen LogP contribution in [0.15, 0.2) is 48.5 Å². The highest BCUT2D eigenvalue weighted by Crippen LogP contribution is 2.61. The monoisotopic (exact) mass is 363 g/mol. The lowest BCUT2D eigenvalue weighted by molar-refractivity contribution is 0.213. The van der Waals surface area contributed by atoms with E-state index in [4.69, 9.17) is 13.8 Å². The molecule has 0 amide bonds. The third kappa shape index (κ3) is 4.85. The van der Waals surface area contributed by atoms with Crippen molar-refractivity contribution in [3.63, 3.8) is 0 Å². The SMILES string of the molecule is CCOP(=O)(OCC)C(Nc1ccc(C)cc1)c1ccccc1OC. The quantitative estimate of drug-likeness (QED) is 0.606. The van der Waals surface area contributed by atoms with Gasteiger partial charge >= 0.3 is 7.60 Å². The number of rotatable bonds is 9. The second-order valence-electron chi connectivity index (χ2n) is 5.53. The van der Waals surface area contributed by atoms with Gasteiger partial charge in [-0.05, 0) is 39.0 Å². The molecule has 1 unspecified atom stereocenters. The van der Waals surface area contributed by atoms with E-state index in [1.807, 2.05) is 55.5 Å². The molecule has 2 aromatic carbocycles. The Labute approximate surface area is 149 Å². The second kappa shape index (κ2) is 9.04. The van der Waals surface area contributed by atoms with E-state index in [2.05, 4.69) is 5.32 Å². The van der Waals surface area contributed by atoms with Crippen molar-refractivity contribution in [3.05, 3.63) is 59.7 Å². The largest absolute Gasteiger partial charge is 0.496 e. The molecule has 0 aliphatic rings. The Kier molecular flexibility index (Phi) is 7.06. The fourth-order valence-electron chi connectivity index (χ4n) is 2.57. The first-order valence-corrected chi connectivity index (χ1v) is 10.00. The van der Waals surface area contributed by atoms with Crippen LogP contribution in [0.2, 0.25) is 0 Å². The minimum absolute atomic E-state index is 0.290. The second-order valence-corrected chi connectivity index (χ2v) is 7.64. The molecular formula is C19H26NO4P. The van der Waals surface area contributed by atoms with Gasteiger partial charge in [-0.1, -0.05) is 35.9 Å². The number of hydrogen-bond acceptors (Lipinski definition) is 5. The molecule has 2 aromatic rings. The number of nitrogens with one attached hydrogen (secondary N) is 1. The highest BCUT2D eigenvalue weighted by atomic mass is 31.2. The maximum atomic E-state index is 13.5. The molecule has 0 aromatic heterocycles. The maximum absolute atomic E-state index is 13.5. The van der Waals surface area contributed by atoms with Crippen molar-refractivity contribution in [2.75, 3.05) is 25.6 Å². The van der Waals surface area contributed by atoms with Gasteiger partial charge in [0.15, 0.2) is 5.78 Å². The van der Waals surface area contributed by atoms with Crippen LogP contribution >= 0.6 is 7.60 Å². The van der Waals surface area contributed by atoms with Crippen LogP contribution in [-0.4, -0.2) is 20.3 Å². The lowest BCUT2D eigenvalue weighted by Gasteiger charge is -2.29. The van der Waals surface area contributed by atoms with Crippen LogP contribution in [0.5, 0.6) is 5.75 Å². The topological polar surface area (TPSA) is 56.8 Å². The summed E-state index contributed by atoms with van der Waals surface area (Å²) in [6.07, 6.45) is 0. The molecule has 0 aliphatic heterocycles. The zero-order valence-electron chi connectivity index (χ0n) is 15.2. The highest BCUT2D eigenvalue weighted by molar-refractivity contribution is 7.54. The number of aryl methyl sites for hydroxylation is 1. The van der Waals surface area contributed by atoms with Crippen LogP contribution in [-0.2, 0) is 13.6 Å². The Morgan fingerprint density at radius 3 is 2.16 bits per heavy atom. The standard InChI is InChI=1S/C19H26NO4P/c1-5-23-25(21,24-6-2)19(17-9-7-8-10-18(17)22-4)20-16-13-11-15(3)12-14-16/h7-14,19-20H,5-6H2,1-4H3. The Bertz CT molecular complexity index is 708. The van der Waals surface area contributed by atoms with Crippen molar-refractivity contribution in [2.24, 2.45) is 0 Å². The van der Waals surface area contributed by atoms with Crippen LogP contribution in [0, 0.1) is 6.92 Å². The van der Waals surface area contributed by atoms with Gasteiger partial charge in [0, 0.05) is 11.3 Å². The number of anilines is 1. The number of ether oxygens (including phenoxy) is 1. The van der Waals surface area contributed by atoms with Crippen molar-refractivity contribution in [2.45, 2.75) is 26.6 Å². The third-order valence-corrected chi connectivity index (χ3v) is 6.00. The van der Waals surface area contributed by atoms with Gasteiger partial charge in [-0.2, -0.15) is 0 Å². The summed E-state index contributed by atoms with van der Waals surface area (Å²) in [6, 6.07) is 15.3. The van der Waals surface area contributed by atoms with E-state index in [1.54, 1.807) is 21.0 Å². The lowest BCUT2D eigenvalue weighted by atomic mass is 10.2. The molecule has 0 spiro atoms. The molecule has 5 nitrogen and oxygen atoms in total. The predicted molar refractivity (Wildman–Crippen MR) is 101 cm³/mol. The van der Waals surface area contributed by atoms with Crippen molar-refractivity contribution in [1.29, 1.82) is 0 Å². The normalized spacial score (nSPS) is 12.6. The van der Waals surface area contributed by atoms with Crippen molar-refractivity contribution >= 4 is 13.3 Å². The van der Waals surface area contributed by atoms with Crippen molar-refractivity contribution in [3.8, 4) is 5.75 Å². The van der Waals surface area contributed by atoms with Crippen LogP contribution in [0.1, 0.15) is 30.8 Å². The minimum atomic E-state index is -3.46. The summed E-state index contributed by atoms with van der Waals surface area (Å²) in [7, 11) is -1.87. The summed E-state index contributed by atoms with van der Waals surface area (Å²) in [5.41, 5.74) is 2.72. The van der Waals surface area contributed by atoms with E-state index in [0.717, 1.165) is 16.8 Å². The molecule has 0 fully saturated rings. The number of para-hydroxylation sites is 1. The van der Waals surface area contributed by atoms with Crippen LogP contribution < -0.4 is 10.1 Å². The first-order chi connectivity index (χ1) is 12.0. The molecule has 0 radical (unpaired) electrons. The van der Waals surface area contributed by atoms with Gasteiger partial charge in [0.1, 0.15) is 5.75 Å². The first kappa shape index (κ1) is 19.5. The fraction of sp³-hybridized carbons (Fsp3) is 0.368. The zero-order valence-corrected chi connectivity index (χ0v) is 16.1. The number of hydrogen-bond donors (Lipinski definition) is 1. The molecule has 0 aliphatic carbocycles. The molecule has 136 valence electrons.